The summed E-state index contributed by atoms with van der Waals surface area (Å²) >= 11 is 5.31. The number of aromatic amines is 1. The van der Waals surface area contributed by atoms with E-state index in [-0.39, 0.29) is 11.4 Å². The Morgan fingerprint density at radius 1 is 1.43 bits per heavy atom. The zero-order valence-corrected chi connectivity index (χ0v) is 16.7. The van der Waals surface area contributed by atoms with Gasteiger partial charge in [-0.1, -0.05) is 19.3 Å². The molecule has 9 nitrogen and oxygen atoms in total. The molecule has 1 heterocycles. The minimum Gasteiger partial charge on any atom is -0.490 e. The fourth-order valence-electron chi connectivity index (χ4n) is 3.45. The van der Waals surface area contributed by atoms with Crippen molar-refractivity contribution in [3.8, 4) is 11.5 Å². The van der Waals surface area contributed by atoms with E-state index in [1.807, 2.05) is 0 Å². The van der Waals surface area contributed by atoms with Gasteiger partial charge in [0.05, 0.1) is 24.9 Å². The molecule has 10 heteroatoms. The number of hydrogen-bond acceptors (Lipinski definition) is 7. The van der Waals surface area contributed by atoms with E-state index < -0.39 is 4.92 Å². The van der Waals surface area contributed by atoms with Gasteiger partial charge >= 0.3 is 5.69 Å². The molecule has 1 aromatic carbocycles. The Labute approximate surface area is 167 Å². The lowest BCUT2D eigenvalue weighted by atomic mass is 9.89. The van der Waals surface area contributed by atoms with Crippen molar-refractivity contribution in [2.45, 2.75) is 44.9 Å². The molecule has 1 fully saturated rings. The summed E-state index contributed by atoms with van der Waals surface area (Å²) in [6.45, 7) is 2.15. The second-order valence-corrected chi connectivity index (χ2v) is 6.93. The third-order valence-electron chi connectivity index (χ3n) is 4.73. The first-order valence-electron chi connectivity index (χ1n) is 9.26. The first kappa shape index (κ1) is 20.0. The normalized spacial score (nSPS) is 15.1. The van der Waals surface area contributed by atoms with Gasteiger partial charge in [-0.2, -0.15) is 14.9 Å². The molecule has 0 radical (unpaired) electrons. The monoisotopic (exact) mass is 405 g/mol. The standard InChI is InChI=1S/C18H23N5O4S/c1-3-27-15-10-12(9-14(23(24)25)16(15)26-2)11-19-22-17(20-21-18(22)28)13-7-5-4-6-8-13/h9-11,13H,3-8H2,1-2H3,(H,21,28)/b19-11-. The Balaban J connectivity index is 1.97. The first-order chi connectivity index (χ1) is 13.5. The number of hydrogen-bond donors (Lipinski definition) is 1. The molecule has 0 saturated heterocycles. The van der Waals surface area contributed by atoms with E-state index in [1.54, 1.807) is 17.7 Å². The van der Waals surface area contributed by atoms with Crippen LogP contribution in [0.2, 0.25) is 0 Å². The maximum Gasteiger partial charge on any atom is 0.315 e. The molecule has 1 N–H and O–H groups in total. The zero-order chi connectivity index (χ0) is 20.1. The van der Waals surface area contributed by atoms with Crippen LogP contribution in [0.4, 0.5) is 5.69 Å². The molecule has 0 amide bonds. The van der Waals surface area contributed by atoms with Crippen LogP contribution in [0.1, 0.15) is 56.3 Å². The summed E-state index contributed by atoms with van der Waals surface area (Å²) in [6, 6.07) is 3.05. The van der Waals surface area contributed by atoms with Crippen molar-refractivity contribution in [1.82, 2.24) is 14.9 Å². The molecule has 1 saturated carbocycles. The smallest absolute Gasteiger partial charge is 0.315 e. The average Bonchev–Trinajstić information content (AvgIpc) is 3.07. The lowest BCUT2D eigenvalue weighted by Crippen LogP contribution is -2.10. The van der Waals surface area contributed by atoms with Crippen molar-refractivity contribution >= 4 is 24.1 Å². The highest BCUT2D eigenvalue weighted by atomic mass is 32.1. The van der Waals surface area contributed by atoms with E-state index >= 15 is 0 Å². The van der Waals surface area contributed by atoms with E-state index in [2.05, 4.69) is 15.3 Å². The van der Waals surface area contributed by atoms with Gasteiger partial charge < -0.3 is 9.47 Å². The molecule has 1 aliphatic carbocycles. The number of H-pyrrole nitrogens is 1. The van der Waals surface area contributed by atoms with Gasteiger partial charge in [-0.25, -0.2) is 0 Å². The highest BCUT2D eigenvalue weighted by Crippen LogP contribution is 2.38. The molecule has 2 aromatic rings. The maximum absolute atomic E-state index is 11.4. The molecule has 1 aliphatic rings. The van der Waals surface area contributed by atoms with Crippen molar-refractivity contribution in [2.75, 3.05) is 13.7 Å². The second-order valence-electron chi connectivity index (χ2n) is 6.54. The summed E-state index contributed by atoms with van der Waals surface area (Å²) < 4.78 is 12.7. The third-order valence-corrected chi connectivity index (χ3v) is 4.99. The molecule has 150 valence electrons. The van der Waals surface area contributed by atoms with Crippen LogP contribution >= 0.6 is 12.2 Å². The van der Waals surface area contributed by atoms with Crippen molar-refractivity contribution in [1.29, 1.82) is 0 Å². The second kappa shape index (κ2) is 8.96. The molecule has 3 rings (SSSR count). The van der Waals surface area contributed by atoms with E-state index in [9.17, 15) is 10.1 Å². The summed E-state index contributed by atoms with van der Waals surface area (Å²) in [5, 5.41) is 23.0. The van der Waals surface area contributed by atoms with Crippen LogP contribution in [0.25, 0.3) is 0 Å². The summed E-state index contributed by atoms with van der Waals surface area (Å²) in [5.41, 5.74) is 0.326. The van der Waals surface area contributed by atoms with E-state index in [4.69, 9.17) is 21.7 Å². The number of benzene rings is 1. The summed E-state index contributed by atoms with van der Waals surface area (Å²) in [4.78, 5) is 10.9. The molecule has 1 aromatic heterocycles. The highest BCUT2D eigenvalue weighted by Gasteiger charge is 2.23. The number of nitro benzene ring substituents is 1. The Bertz CT molecular complexity index is 931. The van der Waals surface area contributed by atoms with Gasteiger partial charge in [-0.3, -0.25) is 15.2 Å². The Hall–Kier alpha value is -2.75. The van der Waals surface area contributed by atoms with E-state index in [0.717, 1.165) is 31.5 Å². The van der Waals surface area contributed by atoms with Crippen LogP contribution in [0.5, 0.6) is 11.5 Å². The molecule has 0 atom stereocenters. The molecular formula is C18H23N5O4S. The average molecular weight is 405 g/mol. The summed E-state index contributed by atoms with van der Waals surface area (Å²) in [6.07, 6.45) is 7.19. The summed E-state index contributed by atoms with van der Waals surface area (Å²) in [5.74, 6) is 1.49. The quantitative estimate of drug-likeness (QED) is 0.320. The van der Waals surface area contributed by atoms with Gasteiger partial charge in [0.15, 0.2) is 11.6 Å². The number of ether oxygens (including phenoxy) is 2. The predicted octanol–water partition coefficient (Wildman–Crippen LogP) is 4.19. The van der Waals surface area contributed by atoms with Crippen LogP contribution in [0.3, 0.4) is 0 Å². The van der Waals surface area contributed by atoms with Gasteiger partial charge in [0.2, 0.25) is 10.5 Å². The van der Waals surface area contributed by atoms with Gasteiger partial charge in [-0.15, -0.1) is 0 Å². The molecule has 0 aliphatic heterocycles. The lowest BCUT2D eigenvalue weighted by Gasteiger charge is -2.19. The van der Waals surface area contributed by atoms with Crippen molar-refractivity contribution in [3.05, 3.63) is 38.4 Å². The van der Waals surface area contributed by atoms with E-state index in [0.29, 0.717) is 28.6 Å². The number of aromatic nitrogens is 3. The van der Waals surface area contributed by atoms with Crippen molar-refractivity contribution in [3.63, 3.8) is 0 Å². The molecule has 0 bridgehead atoms. The Morgan fingerprint density at radius 2 is 2.18 bits per heavy atom. The van der Waals surface area contributed by atoms with Crippen LogP contribution in [0, 0.1) is 14.9 Å². The van der Waals surface area contributed by atoms with Crippen molar-refractivity contribution in [2.24, 2.45) is 5.10 Å². The SMILES string of the molecule is CCOc1cc(/C=N\n2c(C3CCCCC3)n[nH]c2=S)cc([N+](=O)[O-])c1OC. The summed E-state index contributed by atoms with van der Waals surface area (Å²) in [7, 11) is 1.37. The number of nitro groups is 1. The Morgan fingerprint density at radius 3 is 2.82 bits per heavy atom. The van der Waals surface area contributed by atoms with Crippen molar-refractivity contribution < 1.29 is 14.4 Å². The highest BCUT2D eigenvalue weighted by molar-refractivity contribution is 7.71. The third kappa shape index (κ3) is 4.22. The minimum absolute atomic E-state index is 0.0896. The first-order valence-corrected chi connectivity index (χ1v) is 9.66. The number of methoxy groups -OCH3 is 1. The number of nitrogens with one attached hydrogen (secondary N) is 1. The molecule has 0 spiro atoms. The lowest BCUT2D eigenvalue weighted by molar-refractivity contribution is -0.385. The Kier molecular flexibility index (Phi) is 6.40. The fourth-order valence-corrected chi connectivity index (χ4v) is 3.64. The maximum atomic E-state index is 11.4. The van der Waals surface area contributed by atoms with Crippen LogP contribution < -0.4 is 9.47 Å². The molecule has 0 unspecified atom stereocenters. The fraction of sp³-hybridized carbons (Fsp3) is 0.500. The topological polar surface area (TPSA) is 108 Å². The van der Waals surface area contributed by atoms with Gasteiger partial charge in [-0.05, 0) is 38.0 Å². The van der Waals surface area contributed by atoms with Gasteiger partial charge in [0, 0.05) is 17.5 Å². The van der Waals surface area contributed by atoms with Crippen LogP contribution in [0.15, 0.2) is 17.2 Å². The van der Waals surface area contributed by atoms with E-state index in [1.165, 1.54) is 25.8 Å². The van der Waals surface area contributed by atoms with Gasteiger partial charge in [0.1, 0.15) is 0 Å². The zero-order valence-electron chi connectivity index (χ0n) is 15.9. The number of nitrogens with zero attached hydrogens (tertiary/aromatic N) is 4. The predicted molar refractivity (Wildman–Crippen MR) is 107 cm³/mol. The van der Waals surface area contributed by atoms with Gasteiger partial charge in [0.25, 0.3) is 0 Å². The molecular weight excluding hydrogens is 382 g/mol. The molecule has 28 heavy (non-hydrogen) atoms. The van der Waals surface area contributed by atoms with Crippen LogP contribution in [-0.2, 0) is 0 Å². The minimum atomic E-state index is -0.504. The largest absolute Gasteiger partial charge is 0.490 e. The number of rotatable bonds is 7. The van der Waals surface area contributed by atoms with Crippen LogP contribution in [-0.4, -0.2) is 39.7 Å².